The zero-order valence-electron chi connectivity index (χ0n) is 13.4. The molecule has 0 unspecified atom stereocenters. The molecule has 0 aromatic heterocycles. The molecule has 0 aliphatic rings. The molecule has 0 spiro atoms. The Labute approximate surface area is 146 Å². The Morgan fingerprint density at radius 2 is 2.00 bits per heavy atom. The summed E-state index contributed by atoms with van der Waals surface area (Å²) >= 11 is 5.69. The standard InChI is InChI=1S/C19H19ClFNO2/c1-2-3-13-24-15-9-7-14(8-10-15)18(23)11-12-22-17-6-4-5-16(20)19(17)21/h4-12,22H,2-3,13H2,1H3/b12-11+. The van der Waals surface area contributed by atoms with Gasteiger partial charge in [-0.25, -0.2) is 4.39 Å². The molecule has 0 amide bonds. The van der Waals surface area contributed by atoms with E-state index in [1.54, 1.807) is 36.4 Å². The van der Waals surface area contributed by atoms with Gasteiger partial charge in [-0.05, 0) is 42.8 Å². The predicted molar refractivity (Wildman–Crippen MR) is 95.3 cm³/mol. The van der Waals surface area contributed by atoms with Crippen molar-refractivity contribution < 1.29 is 13.9 Å². The van der Waals surface area contributed by atoms with Crippen molar-refractivity contribution in [3.05, 3.63) is 71.1 Å². The molecule has 3 nitrogen and oxygen atoms in total. The van der Waals surface area contributed by atoms with Gasteiger partial charge in [0.15, 0.2) is 11.6 Å². The summed E-state index contributed by atoms with van der Waals surface area (Å²) in [6, 6.07) is 11.6. The van der Waals surface area contributed by atoms with Gasteiger partial charge in [0.2, 0.25) is 0 Å². The molecule has 126 valence electrons. The van der Waals surface area contributed by atoms with Gasteiger partial charge < -0.3 is 10.1 Å². The Bertz CT molecular complexity index is 714. The molecule has 0 fully saturated rings. The number of rotatable bonds is 8. The second kappa shape index (κ2) is 9.08. The Hall–Kier alpha value is -2.33. The molecule has 24 heavy (non-hydrogen) atoms. The number of ketones is 1. The SMILES string of the molecule is CCCCOc1ccc(C(=O)/C=C/Nc2cccc(Cl)c2F)cc1. The lowest BCUT2D eigenvalue weighted by molar-refractivity contribution is 0.104. The van der Waals surface area contributed by atoms with E-state index in [4.69, 9.17) is 16.3 Å². The number of carbonyl (C=O) groups is 1. The second-order valence-electron chi connectivity index (χ2n) is 5.17. The average molecular weight is 348 g/mol. The number of carbonyl (C=O) groups excluding carboxylic acids is 1. The van der Waals surface area contributed by atoms with Crippen molar-refractivity contribution in [1.82, 2.24) is 0 Å². The van der Waals surface area contributed by atoms with E-state index in [9.17, 15) is 9.18 Å². The van der Waals surface area contributed by atoms with E-state index >= 15 is 0 Å². The minimum Gasteiger partial charge on any atom is -0.494 e. The minimum absolute atomic E-state index is 0.0263. The first-order valence-electron chi connectivity index (χ1n) is 7.76. The second-order valence-corrected chi connectivity index (χ2v) is 5.58. The van der Waals surface area contributed by atoms with E-state index in [0.29, 0.717) is 12.2 Å². The number of nitrogens with one attached hydrogen (secondary N) is 1. The highest BCUT2D eigenvalue weighted by Gasteiger charge is 2.05. The number of ether oxygens (including phenoxy) is 1. The van der Waals surface area contributed by atoms with E-state index in [0.717, 1.165) is 18.6 Å². The highest BCUT2D eigenvalue weighted by molar-refractivity contribution is 6.31. The van der Waals surface area contributed by atoms with E-state index < -0.39 is 5.82 Å². The number of halogens is 2. The number of benzene rings is 2. The van der Waals surface area contributed by atoms with Gasteiger partial charge in [-0.1, -0.05) is 31.0 Å². The van der Waals surface area contributed by atoms with Gasteiger partial charge in [-0.3, -0.25) is 4.79 Å². The molecule has 0 radical (unpaired) electrons. The number of allylic oxidation sites excluding steroid dienone is 1. The lowest BCUT2D eigenvalue weighted by Gasteiger charge is -2.05. The van der Waals surface area contributed by atoms with Gasteiger partial charge in [0.25, 0.3) is 0 Å². The van der Waals surface area contributed by atoms with Crippen LogP contribution in [0.2, 0.25) is 5.02 Å². The molecule has 2 rings (SSSR count). The molecule has 0 saturated heterocycles. The zero-order chi connectivity index (χ0) is 17.4. The zero-order valence-corrected chi connectivity index (χ0v) is 14.1. The summed E-state index contributed by atoms with van der Waals surface area (Å²) in [5, 5.41) is 2.74. The van der Waals surface area contributed by atoms with Gasteiger partial charge in [-0.15, -0.1) is 0 Å². The van der Waals surface area contributed by atoms with Crippen LogP contribution in [0.1, 0.15) is 30.1 Å². The minimum atomic E-state index is -0.551. The first-order valence-corrected chi connectivity index (χ1v) is 8.14. The first-order chi connectivity index (χ1) is 11.6. The summed E-state index contributed by atoms with van der Waals surface area (Å²) in [7, 11) is 0. The molecule has 0 aliphatic heterocycles. The van der Waals surface area contributed by atoms with Gasteiger partial charge in [0.05, 0.1) is 17.3 Å². The molecule has 0 heterocycles. The van der Waals surface area contributed by atoms with Crippen molar-refractivity contribution in [3.63, 3.8) is 0 Å². The van der Waals surface area contributed by atoms with Crippen molar-refractivity contribution in [3.8, 4) is 5.75 Å². The highest BCUT2D eigenvalue weighted by atomic mass is 35.5. The third kappa shape index (κ3) is 5.10. The predicted octanol–water partition coefficient (Wildman–Crippen LogP) is 5.47. The largest absolute Gasteiger partial charge is 0.494 e. The van der Waals surface area contributed by atoms with Crippen LogP contribution in [0.15, 0.2) is 54.7 Å². The number of unbranched alkanes of at least 4 members (excludes halogenated alkanes) is 1. The lowest BCUT2D eigenvalue weighted by Crippen LogP contribution is -1.99. The molecule has 0 atom stereocenters. The average Bonchev–Trinajstić information content (AvgIpc) is 2.59. The third-order valence-corrected chi connectivity index (χ3v) is 3.62. The van der Waals surface area contributed by atoms with Crippen LogP contribution in [0.4, 0.5) is 10.1 Å². The van der Waals surface area contributed by atoms with E-state index in [1.165, 1.54) is 18.3 Å². The Balaban J connectivity index is 1.93. The summed E-state index contributed by atoms with van der Waals surface area (Å²) in [4.78, 5) is 12.1. The normalized spacial score (nSPS) is 10.8. The lowest BCUT2D eigenvalue weighted by atomic mass is 10.1. The number of hydrogen-bond donors (Lipinski definition) is 1. The van der Waals surface area contributed by atoms with E-state index in [-0.39, 0.29) is 16.5 Å². The van der Waals surface area contributed by atoms with Crippen molar-refractivity contribution in [2.75, 3.05) is 11.9 Å². The number of hydrogen-bond acceptors (Lipinski definition) is 3. The third-order valence-electron chi connectivity index (χ3n) is 3.33. The van der Waals surface area contributed by atoms with Crippen LogP contribution in [0, 0.1) is 5.82 Å². The van der Waals surface area contributed by atoms with Crippen LogP contribution < -0.4 is 10.1 Å². The summed E-state index contributed by atoms with van der Waals surface area (Å²) in [5.74, 6) is -0.00186. The van der Waals surface area contributed by atoms with Crippen molar-refractivity contribution in [2.45, 2.75) is 19.8 Å². The molecular weight excluding hydrogens is 329 g/mol. The molecular formula is C19H19ClFNO2. The fraction of sp³-hybridized carbons (Fsp3) is 0.211. The quantitative estimate of drug-likeness (QED) is 0.391. The van der Waals surface area contributed by atoms with Gasteiger partial charge >= 0.3 is 0 Å². The maximum Gasteiger partial charge on any atom is 0.187 e. The first kappa shape index (κ1) is 18.0. The summed E-state index contributed by atoms with van der Waals surface area (Å²) in [6.45, 7) is 2.76. The van der Waals surface area contributed by atoms with Crippen LogP contribution in [-0.4, -0.2) is 12.4 Å². The fourth-order valence-electron chi connectivity index (χ4n) is 1.97. The van der Waals surface area contributed by atoms with Crippen LogP contribution in [0.5, 0.6) is 5.75 Å². The van der Waals surface area contributed by atoms with Crippen LogP contribution >= 0.6 is 11.6 Å². The van der Waals surface area contributed by atoms with E-state index in [2.05, 4.69) is 12.2 Å². The Kier molecular flexibility index (Phi) is 6.82. The maximum absolute atomic E-state index is 13.7. The highest BCUT2D eigenvalue weighted by Crippen LogP contribution is 2.22. The molecule has 2 aromatic carbocycles. The topological polar surface area (TPSA) is 38.3 Å². The molecule has 2 aromatic rings. The van der Waals surface area contributed by atoms with Crippen molar-refractivity contribution >= 4 is 23.1 Å². The van der Waals surface area contributed by atoms with Crippen LogP contribution in [-0.2, 0) is 0 Å². The van der Waals surface area contributed by atoms with E-state index in [1.807, 2.05) is 0 Å². The number of anilines is 1. The summed E-state index contributed by atoms with van der Waals surface area (Å²) in [6.07, 6.45) is 4.80. The van der Waals surface area contributed by atoms with Gasteiger partial charge in [0, 0.05) is 17.8 Å². The summed E-state index contributed by atoms with van der Waals surface area (Å²) < 4.78 is 19.2. The van der Waals surface area contributed by atoms with Gasteiger partial charge in [0.1, 0.15) is 5.75 Å². The smallest absolute Gasteiger partial charge is 0.187 e. The molecule has 5 heteroatoms. The van der Waals surface area contributed by atoms with Crippen LogP contribution in [0.3, 0.4) is 0 Å². The van der Waals surface area contributed by atoms with Gasteiger partial charge in [-0.2, -0.15) is 0 Å². The van der Waals surface area contributed by atoms with Crippen molar-refractivity contribution in [1.29, 1.82) is 0 Å². The Morgan fingerprint density at radius 3 is 2.71 bits per heavy atom. The molecule has 0 saturated carbocycles. The maximum atomic E-state index is 13.7. The fourth-order valence-corrected chi connectivity index (χ4v) is 2.14. The molecule has 0 aliphatic carbocycles. The summed E-state index contributed by atoms with van der Waals surface area (Å²) in [5.41, 5.74) is 0.744. The Morgan fingerprint density at radius 1 is 1.25 bits per heavy atom. The van der Waals surface area contributed by atoms with Crippen molar-refractivity contribution in [2.24, 2.45) is 0 Å². The molecule has 0 bridgehead atoms. The molecule has 1 N–H and O–H groups in total. The monoisotopic (exact) mass is 347 g/mol. The van der Waals surface area contributed by atoms with Crippen LogP contribution in [0.25, 0.3) is 0 Å².